The fourth-order valence-electron chi connectivity index (χ4n) is 4.71. The Hall–Kier alpha value is -4.17. The molecule has 0 spiro atoms. The number of Topliss-reactive ketones (excluding diaryl/α,β-unsaturated/α-hetero) is 1. The summed E-state index contributed by atoms with van der Waals surface area (Å²) in [5.41, 5.74) is 3.29. The number of carbonyl (C=O) groups is 2. The summed E-state index contributed by atoms with van der Waals surface area (Å²) in [6.45, 7) is 6.06. The van der Waals surface area contributed by atoms with Gasteiger partial charge in [0.1, 0.15) is 17.3 Å². The summed E-state index contributed by atoms with van der Waals surface area (Å²) >= 11 is 6.25. The van der Waals surface area contributed by atoms with Crippen molar-refractivity contribution in [2.45, 2.75) is 33.4 Å². The molecule has 8 nitrogen and oxygen atoms in total. The molecule has 4 rings (SSSR count). The predicted molar refractivity (Wildman–Crippen MR) is 148 cm³/mol. The van der Waals surface area contributed by atoms with Crippen molar-refractivity contribution in [2.24, 2.45) is 0 Å². The number of likely N-dealkylation sites (tertiary alicyclic amines) is 1. The van der Waals surface area contributed by atoms with E-state index in [-0.39, 0.29) is 45.7 Å². The van der Waals surface area contributed by atoms with Crippen molar-refractivity contribution in [1.82, 2.24) is 4.90 Å². The third-order valence-corrected chi connectivity index (χ3v) is 7.01. The number of nitrogens with zero attached hydrogens (tertiary/aromatic N) is 1. The number of hydrogen-bond donors (Lipinski definition) is 2. The molecule has 0 aromatic heterocycles. The summed E-state index contributed by atoms with van der Waals surface area (Å²) in [7, 11) is 2.83. The van der Waals surface area contributed by atoms with Crippen LogP contribution in [0, 0.1) is 13.8 Å². The van der Waals surface area contributed by atoms with Gasteiger partial charge in [0.2, 0.25) is 0 Å². The van der Waals surface area contributed by atoms with Gasteiger partial charge < -0.3 is 29.3 Å². The number of rotatable bonds is 8. The van der Waals surface area contributed by atoms with Crippen LogP contribution in [0.3, 0.4) is 0 Å². The zero-order valence-corrected chi connectivity index (χ0v) is 23.1. The quantitative estimate of drug-likeness (QED) is 0.210. The number of carbonyl (C=O) groups excluding carboxylic acids is 2. The molecule has 0 radical (unpaired) electrons. The van der Waals surface area contributed by atoms with Gasteiger partial charge in [-0.15, -0.1) is 0 Å². The average Bonchev–Trinajstić information content (AvgIpc) is 3.16. The van der Waals surface area contributed by atoms with Gasteiger partial charge in [0.15, 0.2) is 11.5 Å². The molecule has 3 aromatic carbocycles. The first-order valence-electron chi connectivity index (χ1n) is 12.3. The number of aliphatic hydroxyl groups excluding tert-OH is 1. The molecular weight excluding hydrogens is 522 g/mol. The van der Waals surface area contributed by atoms with E-state index in [2.05, 4.69) is 0 Å². The van der Waals surface area contributed by atoms with Gasteiger partial charge in [0.05, 0.1) is 43.0 Å². The number of methoxy groups -OCH3 is 2. The van der Waals surface area contributed by atoms with Crippen LogP contribution in [0.15, 0.2) is 54.1 Å². The van der Waals surface area contributed by atoms with Crippen LogP contribution in [0.25, 0.3) is 5.76 Å². The van der Waals surface area contributed by atoms with Gasteiger partial charge in [-0.2, -0.15) is 0 Å². The van der Waals surface area contributed by atoms with Gasteiger partial charge in [-0.25, -0.2) is 0 Å². The molecule has 1 aliphatic rings. The van der Waals surface area contributed by atoms with Gasteiger partial charge in [-0.05, 0) is 55.7 Å². The van der Waals surface area contributed by atoms with Crippen molar-refractivity contribution >= 4 is 29.1 Å². The first-order chi connectivity index (χ1) is 18.6. The maximum absolute atomic E-state index is 13.6. The molecule has 0 aliphatic carbocycles. The predicted octanol–water partition coefficient (Wildman–Crippen LogP) is 5.70. The molecule has 39 heavy (non-hydrogen) atoms. The van der Waals surface area contributed by atoms with E-state index in [1.807, 2.05) is 32.0 Å². The molecular formula is C30H30ClNO7. The van der Waals surface area contributed by atoms with Gasteiger partial charge in [0.25, 0.3) is 11.7 Å². The monoisotopic (exact) mass is 551 g/mol. The zero-order chi connectivity index (χ0) is 28.4. The highest BCUT2D eigenvalue weighted by atomic mass is 35.5. The molecule has 1 amide bonds. The number of halogens is 1. The van der Waals surface area contributed by atoms with Gasteiger partial charge in [-0.3, -0.25) is 9.59 Å². The van der Waals surface area contributed by atoms with E-state index in [0.29, 0.717) is 12.2 Å². The van der Waals surface area contributed by atoms with Gasteiger partial charge in [0, 0.05) is 12.6 Å². The normalized spacial score (nSPS) is 16.5. The Morgan fingerprint density at radius 2 is 1.69 bits per heavy atom. The lowest BCUT2D eigenvalue weighted by molar-refractivity contribution is -0.140. The molecule has 1 atom stereocenters. The Morgan fingerprint density at radius 3 is 2.36 bits per heavy atom. The maximum atomic E-state index is 13.6. The number of aromatic hydroxyl groups is 1. The Bertz CT molecular complexity index is 1480. The van der Waals surface area contributed by atoms with E-state index in [0.717, 1.165) is 16.7 Å². The fraction of sp³-hybridized carbons (Fsp3) is 0.267. The second kappa shape index (κ2) is 11.3. The van der Waals surface area contributed by atoms with Crippen molar-refractivity contribution in [3.8, 4) is 23.0 Å². The molecule has 1 heterocycles. The summed E-state index contributed by atoms with van der Waals surface area (Å²) in [5, 5.41) is 22.2. The van der Waals surface area contributed by atoms with E-state index in [9.17, 15) is 19.8 Å². The minimum absolute atomic E-state index is 0.0869. The number of phenols is 1. The molecule has 1 aliphatic heterocycles. The highest BCUT2D eigenvalue weighted by Gasteiger charge is 2.46. The molecule has 3 aromatic rings. The number of ketones is 1. The molecule has 0 saturated carbocycles. The topological polar surface area (TPSA) is 106 Å². The van der Waals surface area contributed by atoms with Gasteiger partial charge >= 0.3 is 0 Å². The number of ether oxygens (including phenoxy) is 3. The highest BCUT2D eigenvalue weighted by Crippen LogP contribution is 2.45. The lowest BCUT2D eigenvalue weighted by Crippen LogP contribution is -2.29. The number of aliphatic hydroxyl groups is 1. The van der Waals surface area contributed by atoms with Crippen LogP contribution in [0.5, 0.6) is 23.0 Å². The van der Waals surface area contributed by atoms with Crippen LogP contribution in [-0.4, -0.2) is 47.6 Å². The number of hydrogen-bond acceptors (Lipinski definition) is 7. The molecule has 1 fully saturated rings. The number of amides is 1. The zero-order valence-electron chi connectivity index (χ0n) is 22.4. The van der Waals surface area contributed by atoms with Crippen molar-refractivity contribution < 1.29 is 34.0 Å². The largest absolute Gasteiger partial charge is 0.507 e. The van der Waals surface area contributed by atoms with E-state index in [1.165, 1.54) is 37.3 Å². The van der Waals surface area contributed by atoms with E-state index < -0.39 is 23.5 Å². The van der Waals surface area contributed by atoms with Gasteiger partial charge in [-0.1, -0.05) is 41.4 Å². The number of benzene rings is 3. The summed E-state index contributed by atoms with van der Waals surface area (Å²) in [6.07, 6.45) is 0. The lowest BCUT2D eigenvalue weighted by atomic mass is 9.94. The van der Waals surface area contributed by atoms with Crippen LogP contribution in [0.2, 0.25) is 5.02 Å². The van der Waals surface area contributed by atoms with Crippen LogP contribution in [0.4, 0.5) is 0 Å². The van der Waals surface area contributed by atoms with Crippen LogP contribution >= 0.6 is 11.6 Å². The molecule has 2 N–H and O–H groups in total. The average molecular weight is 552 g/mol. The Kier molecular flexibility index (Phi) is 8.06. The first kappa shape index (κ1) is 27.9. The fourth-order valence-corrected chi connectivity index (χ4v) is 4.94. The van der Waals surface area contributed by atoms with E-state index >= 15 is 0 Å². The molecule has 1 unspecified atom stereocenters. The summed E-state index contributed by atoms with van der Waals surface area (Å²) in [6, 6.07) is 12.4. The van der Waals surface area contributed by atoms with Crippen molar-refractivity contribution in [2.75, 3.05) is 20.8 Å². The highest BCUT2D eigenvalue weighted by molar-refractivity contribution is 6.46. The van der Waals surface area contributed by atoms with Crippen molar-refractivity contribution in [3.05, 3.63) is 86.9 Å². The second-order valence-corrected chi connectivity index (χ2v) is 9.61. The molecule has 0 bridgehead atoms. The molecule has 1 saturated heterocycles. The third-order valence-electron chi connectivity index (χ3n) is 6.71. The lowest BCUT2D eigenvalue weighted by Gasteiger charge is -2.27. The maximum Gasteiger partial charge on any atom is 0.295 e. The van der Waals surface area contributed by atoms with E-state index in [1.54, 1.807) is 19.1 Å². The smallest absolute Gasteiger partial charge is 0.295 e. The minimum Gasteiger partial charge on any atom is -0.507 e. The Morgan fingerprint density at radius 1 is 0.974 bits per heavy atom. The number of aryl methyl sites for hydroxylation is 2. The first-order valence-corrected chi connectivity index (χ1v) is 12.7. The minimum atomic E-state index is -0.990. The standard InChI is InChI=1S/C30H30ClNO7/c1-6-39-25-12-18(9-10-22(25)33)27-26(28(34)20-13-24(38-5)21(31)14-23(20)37-4)29(35)30(36)32(27)15-19-11-16(2)7-8-17(19)3/h7-14,27,33-34H,6,15H2,1-5H3/b28-26+. The van der Waals surface area contributed by atoms with Crippen molar-refractivity contribution in [3.63, 3.8) is 0 Å². The van der Waals surface area contributed by atoms with Crippen LogP contribution < -0.4 is 14.2 Å². The molecule has 9 heteroatoms. The summed E-state index contributed by atoms with van der Waals surface area (Å²) in [5.74, 6) is -1.52. The van der Waals surface area contributed by atoms with Crippen LogP contribution in [-0.2, 0) is 16.1 Å². The Balaban J connectivity index is 1.97. The third kappa shape index (κ3) is 5.25. The Labute approximate surface area is 232 Å². The van der Waals surface area contributed by atoms with Crippen LogP contribution in [0.1, 0.15) is 40.8 Å². The number of phenolic OH excluding ortho intramolecular Hbond substituents is 1. The summed E-state index contributed by atoms with van der Waals surface area (Å²) < 4.78 is 16.3. The SMILES string of the molecule is CCOc1cc(C2/C(=C(\O)c3cc(OC)c(Cl)cc3OC)C(=O)C(=O)N2Cc2cc(C)ccc2C)ccc1O. The summed E-state index contributed by atoms with van der Waals surface area (Å²) in [4.78, 5) is 28.5. The van der Waals surface area contributed by atoms with E-state index in [4.69, 9.17) is 25.8 Å². The second-order valence-electron chi connectivity index (χ2n) is 9.20. The van der Waals surface area contributed by atoms with Crippen molar-refractivity contribution in [1.29, 1.82) is 0 Å². The molecule has 204 valence electrons.